The Balaban J connectivity index is 1.55. The Morgan fingerprint density at radius 3 is 2.71 bits per heavy atom. The van der Waals surface area contributed by atoms with Crippen LogP contribution in [0.4, 0.5) is 0 Å². The number of pyridine rings is 2. The smallest absolute Gasteiger partial charge is 0.251 e. The molecule has 1 N–H and O–H groups in total. The van der Waals surface area contributed by atoms with E-state index in [1.807, 2.05) is 37.3 Å². The van der Waals surface area contributed by atoms with Gasteiger partial charge in [0.05, 0.1) is 12.6 Å². The third-order valence-electron chi connectivity index (χ3n) is 4.90. The van der Waals surface area contributed by atoms with Crippen LogP contribution in [0.3, 0.4) is 0 Å². The Labute approximate surface area is 184 Å². The molecular formula is C24H20ClN3O3. The number of ether oxygens (including phenoxy) is 2. The highest BCUT2D eigenvalue weighted by Gasteiger charge is 2.14. The first-order valence-corrected chi connectivity index (χ1v) is 10.0. The van der Waals surface area contributed by atoms with E-state index in [4.69, 9.17) is 21.1 Å². The number of benzene rings is 2. The highest BCUT2D eigenvalue weighted by molar-refractivity contribution is 6.29. The van der Waals surface area contributed by atoms with Gasteiger partial charge in [0.1, 0.15) is 22.4 Å². The molecule has 0 saturated heterocycles. The number of hydrogen-bond donors (Lipinski definition) is 1. The molecule has 0 aliphatic heterocycles. The molecule has 2 heterocycles. The van der Waals surface area contributed by atoms with Gasteiger partial charge in [-0.2, -0.15) is 0 Å². The summed E-state index contributed by atoms with van der Waals surface area (Å²) >= 11 is 5.80. The summed E-state index contributed by atoms with van der Waals surface area (Å²) in [7, 11) is 1.62. The summed E-state index contributed by atoms with van der Waals surface area (Å²) in [6.45, 7) is 2.21. The minimum Gasteiger partial charge on any atom is -0.497 e. The van der Waals surface area contributed by atoms with Gasteiger partial charge in [-0.25, -0.2) is 4.98 Å². The highest BCUT2D eigenvalue weighted by Crippen LogP contribution is 2.33. The van der Waals surface area contributed by atoms with Gasteiger partial charge in [0.25, 0.3) is 5.91 Å². The predicted molar refractivity (Wildman–Crippen MR) is 120 cm³/mol. The molecule has 0 unspecified atom stereocenters. The Morgan fingerprint density at radius 1 is 1.06 bits per heavy atom. The van der Waals surface area contributed by atoms with Gasteiger partial charge in [0.15, 0.2) is 0 Å². The van der Waals surface area contributed by atoms with Gasteiger partial charge in [0, 0.05) is 41.5 Å². The highest BCUT2D eigenvalue weighted by atomic mass is 35.5. The number of methoxy groups -OCH3 is 1. The molecule has 0 bridgehead atoms. The lowest BCUT2D eigenvalue weighted by atomic mass is 10.1. The van der Waals surface area contributed by atoms with Crippen LogP contribution in [0.25, 0.3) is 10.9 Å². The molecule has 0 saturated carbocycles. The van der Waals surface area contributed by atoms with Crippen LogP contribution in [0.5, 0.6) is 17.2 Å². The van der Waals surface area contributed by atoms with E-state index >= 15 is 0 Å². The molecule has 156 valence electrons. The fourth-order valence-corrected chi connectivity index (χ4v) is 3.31. The first-order valence-electron chi connectivity index (χ1n) is 9.64. The Bertz CT molecular complexity index is 1240. The summed E-state index contributed by atoms with van der Waals surface area (Å²) < 4.78 is 11.4. The normalized spacial score (nSPS) is 10.7. The summed E-state index contributed by atoms with van der Waals surface area (Å²) in [6.07, 6.45) is 3.32. The second-order valence-electron chi connectivity index (χ2n) is 6.89. The number of fused-ring (bicyclic) bond motifs is 1. The lowest BCUT2D eigenvalue weighted by Crippen LogP contribution is -2.23. The van der Waals surface area contributed by atoms with E-state index in [2.05, 4.69) is 15.3 Å². The standard InChI is InChI=1S/C24H20ClN3O3/c1-15-18(24(29)28-14-16-6-9-23(25)27-13-16)4-3-5-21(15)31-22-10-11-26-20-12-17(30-2)7-8-19(20)22/h3-13H,14H2,1-2H3,(H,28,29). The van der Waals surface area contributed by atoms with Crippen LogP contribution in [0, 0.1) is 6.92 Å². The fraction of sp³-hybridized carbons (Fsp3) is 0.125. The summed E-state index contributed by atoms with van der Waals surface area (Å²) in [6, 6.07) is 16.3. The van der Waals surface area contributed by atoms with Crippen molar-refractivity contribution in [1.82, 2.24) is 15.3 Å². The summed E-state index contributed by atoms with van der Waals surface area (Å²) in [5, 5.41) is 4.18. The molecule has 0 fully saturated rings. The molecule has 0 radical (unpaired) electrons. The number of carbonyl (C=O) groups excluding carboxylic acids is 1. The number of aromatic nitrogens is 2. The molecule has 0 spiro atoms. The number of hydrogen-bond acceptors (Lipinski definition) is 5. The number of halogens is 1. The van der Waals surface area contributed by atoms with Gasteiger partial charge in [-0.05, 0) is 48.9 Å². The second-order valence-corrected chi connectivity index (χ2v) is 7.28. The quantitative estimate of drug-likeness (QED) is 0.416. The van der Waals surface area contributed by atoms with Crippen LogP contribution in [0.1, 0.15) is 21.5 Å². The lowest BCUT2D eigenvalue weighted by molar-refractivity contribution is 0.0950. The topological polar surface area (TPSA) is 73.3 Å². The minimum absolute atomic E-state index is 0.192. The first-order chi connectivity index (χ1) is 15.0. The predicted octanol–water partition coefficient (Wildman–Crippen LogP) is 5.32. The van der Waals surface area contributed by atoms with Crippen molar-refractivity contribution in [2.45, 2.75) is 13.5 Å². The molecular weight excluding hydrogens is 414 g/mol. The average Bonchev–Trinajstić information content (AvgIpc) is 2.79. The van der Waals surface area contributed by atoms with Crippen molar-refractivity contribution in [2.75, 3.05) is 7.11 Å². The van der Waals surface area contributed by atoms with Crippen LogP contribution in [-0.4, -0.2) is 23.0 Å². The monoisotopic (exact) mass is 433 g/mol. The van der Waals surface area contributed by atoms with Crippen LogP contribution >= 0.6 is 11.6 Å². The zero-order chi connectivity index (χ0) is 21.8. The van der Waals surface area contributed by atoms with Crippen LogP contribution in [0.2, 0.25) is 5.15 Å². The van der Waals surface area contributed by atoms with Crippen molar-refractivity contribution in [3.05, 3.63) is 88.8 Å². The molecule has 1 amide bonds. The number of carbonyl (C=O) groups is 1. The molecule has 7 heteroatoms. The molecule has 4 rings (SSSR count). The van der Waals surface area contributed by atoms with Crippen molar-refractivity contribution in [1.29, 1.82) is 0 Å². The summed E-state index contributed by atoms with van der Waals surface area (Å²) in [4.78, 5) is 21.2. The van der Waals surface area contributed by atoms with E-state index in [1.54, 1.807) is 43.8 Å². The maximum absolute atomic E-state index is 12.8. The SMILES string of the molecule is COc1ccc2c(Oc3cccc(C(=O)NCc4ccc(Cl)nc4)c3C)ccnc2c1. The molecule has 0 aliphatic rings. The van der Waals surface area contributed by atoms with Gasteiger partial charge < -0.3 is 14.8 Å². The molecule has 0 aliphatic carbocycles. The molecule has 6 nitrogen and oxygen atoms in total. The number of nitrogens with zero attached hydrogens (tertiary/aromatic N) is 2. The number of amides is 1. The summed E-state index contributed by atoms with van der Waals surface area (Å²) in [5.41, 5.74) is 2.91. The van der Waals surface area contributed by atoms with Gasteiger partial charge >= 0.3 is 0 Å². The molecule has 4 aromatic rings. The first kappa shape index (κ1) is 20.6. The molecule has 2 aromatic carbocycles. The second kappa shape index (κ2) is 9.02. The van der Waals surface area contributed by atoms with Crippen molar-refractivity contribution >= 4 is 28.4 Å². The van der Waals surface area contributed by atoms with E-state index in [0.29, 0.717) is 28.8 Å². The van der Waals surface area contributed by atoms with E-state index in [-0.39, 0.29) is 5.91 Å². The van der Waals surface area contributed by atoms with E-state index in [9.17, 15) is 4.79 Å². The van der Waals surface area contributed by atoms with E-state index in [1.165, 1.54) is 0 Å². The van der Waals surface area contributed by atoms with Gasteiger partial charge in [-0.1, -0.05) is 23.7 Å². The maximum Gasteiger partial charge on any atom is 0.251 e. The Morgan fingerprint density at radius 2 is 1.94 bits per heavy atom. The van der Waals surface area contributed by atoms with Crippen LogP contribution in [-0.2, 0) is 6.54 Å². The summed E-state index contributed by atoms with van der Waals surface area (Å²) in [5.74, 6) is 1.79. The fourth-order valence-electron chi connectivity index (χ4n) is 3.20. The molecule has 2 aromatic heterocycles. The maximum atomic E-state index is 12.8. The van der Waals surface area contributed by atoms with Gasteiger partial charge in [-0.15, -0.1) is 0 Å². The van der Waals surface area contributed by atoms with Crippen molar-refractivity contribution < 1.29 is 14.3 Å². The number of rotatable bonds is 6. The Kier molecular flexibility index (Phi) is 6.00. The van der Waals surface area contributed by atoms with Crippen molar-refractivity contribution in [2.24, 2.45) is 0 Å². The zero-order valence-electron chi connectivity index (χ0n) is 17.1. The average molecular weight is 434 g/mol. The van der Waals surface area contributed by atoms with Crippen LogP contribution < -0.4 is 14.8 Å². The third-order valence-corrected chi connectivity index (χ3v) is 5.12. The number of nitrogens with one attached hydrogen (secondary N) is 1. The zero-order valence-corrected chi connectivity index (χ0v) is 17.8. The molecule has 31 heavy (non-hydrogen) atoms. The third kappa shape index (κ3) is 4.59. The minimum atomic E-state index is -0.192. The van der Waals surface area contributed by atoms with Crippen molar-refractivity contribution in [3.8, 4) is 17.2 Å². The lowest BCUT2D eigenvalue weighted by Gasteiger charge is -2.14. The van der Waals surface area contributed by atoms with Gasteiger partial charge in [-0.3, -0.25) is 9.78 Å². The van der Waals surface area contributed by atoms with E-state index in [0.717, 1.165) is 27.8 Å². The van der Waals surface area contributed by atoms with Crippen LogP contribution in [0.15, 0.2) is 67.0 Å². The largest absolute Gasteiger partial charge is 0.497 e. The Hall–Kier alpha value is -3.64. The van der Waals surface area contributed by atoms with Crippen molar-refractivity contribution in [3.63, 3.8) is 0 Å². The van der Waals surface area contributed by atoms with Gasteiger partial charge in [0.2, 0.25) is 0 Å². The molecule has 0 atom stereocenters. The van der Waals surface area contributed by atoms with E-state index < -0.39 is 0 Å².